The summed E-state index contributed by atoms with van der Waals surface area (Å²) in [6, 6.07) is 6.47. The lowest BCUT2D eigenvalue weighted by Crippen LogP contribution is -2.12. The minimum absolute atomic E-state index is 0.439. The van der Waals surface area contributed by atoms with Crippen LogP contribution >= 0.6 is 0 Å². The van der Waals surface area contributed by atoms with E-state index in [0.29, 0.717) is 6.04 Å². The molecule has 1 saturated heterocycles. The zero-order valence-corrected chi connectivity index (χ0v) is 9.02. The Bertz CT molecular complexity index is 458. The van der Waals surface area contributed by atoms with Gasteiger partial charge < -0.3 is 9.73 Å². The monoisotopic (exact) mass is 214 g/mol. The van der Waals surface area contributed by atoms with Crippen LogP contribution in [0.25, 0.3) is 11.3 Å². The second-order valence-electron chi connectivity index (χ2n) is 4.10. The van der Waals surface area contributed by atoms with Crippen molar-refractivity contribution in [1.82, 2.24) is 10.3 Å². The molecule has 3 heteroatoms. The van der Waals surface area contributed by atoms with Crippen LogP contribution in [0, 0.1) is 0 Å². The van der Waals surface area contributed by atoms with Gasteiger partial charge in [-0.05, 0) is 37.6 Å². The molecule has 16 heavy (non-hydrogen) atoms. The normalized spacial score (nSPS) is 20.1. The third-order valence-electron chi connectivity index (χ3n) is 3.06. The van der Waals surface area contributed by atoms with E-state index in [2.05, 4.69) is 16.4 Å². The molecule has 1 atom stereocenters. The van der Waals surface area contributed by atoms with Crippen LogP contribution in [0.15, 0.2) is 41.3 Å². The van der Waals surface area contributed by atoms with Crippen molar-refractivity contribution in [2.24, 2.45) is 0 Å². The summed E-state index contributed by atoms with van der Waals surface area (Å²) in [5.74, 6) is 0.951. The summed E-state index contributed by atoms with van der Waals surface area (Å²) < 4.78 is 5.58. The van der Waals surface area contributed by atoms with Gasteiger partial charge in [0.05, 0.1) is 6.26 Å². The van der Waals surface area contributed by atoms with E-state index in [1.54, 1.807) is 12.5 Å². The number of nitrogens with one attached hydrogen (secondary N) is 1. The van der Waals surface area contributed by atoms with Gasteiger partial charge in [-0.1, -0.05) is 0 Å². The molecule has 0 amide bonds. The molecule has 1 aliphatic heterocycles. The molecular weight excluding hydrogens is 200 g/mol. The molecule has 3 nitrogen and oxygen atoms in total. The summed E-state index contributed by atoms with van der Waals surface area (Å²) in [5, 5.41) is 3.49. The fraction of sp³-hybridized carbons (Fsp3) is 0.308. The molecule has 0 bridgehead atoms. The van der Waals surface area contributed by atoms with Crippen LogP contribution in [0.5, 0.6) is 0 Å². The van der Waals surface area contributed by atoms with Gasteiger partial charge in [0.25, 0.3) is 0 Å². The molecule has 0 radical (unpaired) electrons. The first-order valence-electron chi connectivity index (χ1n) is 5.66. The summed E-state index contributed by atoms with van der Waals surface area (Å²) in [5.41, 5.74) is 2.31. The van der Waals surface area contributed by atoms with Crippen LogP contribution in [0.3, 0.4) is 0 Å². The predicted molar refractivity (Wildman–Crippen MR) is 61.9 cm³/mol. The zero-order valence-electron chi connectivity index (χ0n) is 9.02. The Morgan fingerprint density at radius 2 is 2.38 bits per heavy atom. The second kappa shape index (κ2) is 4.10. The van der Waals surface area contributed by atoms with E-state index in [1.165, 1.54) is 18.4 Å². The largest absolute Gasteiger partial charge is 0.464 e. The molecule has 1 fully saturated rings. The van der Waals surface area contributed by atoms with Crippen LogP contribution < -0.4 is 5.32 Å². The van der Waals surface area contributed by atoms with Crippen LogP contribution in [-0.4, -0.2) is 11.5 Å². The van der Waals surface area contributed by atoms with E-state index in [0.717, 1.165) is 17.9 Å². The van der Waals surface area contributed by atoms with Crippen molar-refractivity contribution in [3.8, 4) is 11.3 Å². The lowest BCUT2D eigenvalue weighted by Gasteiger charge is -2.09. The smallest absolute Gasteiger partial charge is 0.140 e. The van der Waals surface area contributed by atoms with Crippen LogP contribution in [-0.2, 0) is 0 Å². The average molecular weight is 214 g/mol. The maximum atomic E-state index is 5.58. The van der Waals surface area contributed by atoms with Gasteiger partial charge in [-0.3, -0.25) is 4.98 Å². The number of pyridine rings is 1. The van der Waals surface area contributed by atoms with Crippen LogP contribution in [0.2, 0.25) is 0 Å². The van der Waals surface area contributed by atoms with Crippen molar-refractivity contribution in [2.75, 3.05) is 6.54 Å². The summed E-state index contributed by atoms with van der Waals surface area (Å²) >= 11 is 0. The van der Waals surface area contributed by atoms with Crippen molar-refractivity contribution >= 4 is 0 Å². The third-order valence-corrected chi connectivity index (χ3v) is 3.06. The summed E-state index contributed by atoms with van der Waals surface area (Å²) in [6.45, 7) is 1.10. The average Bonchev–Trinajstić information content (AvgIpc) is 3.01. The molecule has 0 unspecified atom stereocenters. The van der Waals surface area contributed by atoms with E-state index in [4.69, 9.17) is 4.42 Å². The van der Waals surface area contributed by atoms with E-state index in [1.807, 2.05) is 18.3 Å². The van der Waals surface area contributed by atoms with Crippen molar-refractivity contribution in [3.05, 3.63) is 42.4 Å². The van der Waals surface area contributed by atoms with Crippen molar-refractivity contribution < 1.29 is 4.42 Å². The third kappa shape index (κ3) is 1.63. The maximum absolute atomic E-state index is 5.58. The summed E-state index contributed by atoms with van der Waals surface area (Å²) in [4.78, 5) is 4.13. The summed E-state index contributed by atoms with van der Waals surface area (Å²) in [6.07, 6.45) is 7.81. The first kappa shape index (κ1) is 9.60. The Labute approximate surface area is 94.5 Å². The highest BCUT2D eigenvalue weighted by Gasteiger charge is 2.21. The molecule has 0 aliphatic carbocycles. The summed E-state index contributed by atoms with van der Waals surface area (Å²) in [7, 11) is 0. The van der Waals surface area contributed by atoms with Gasteiger partial charge in [-0.2, -0.15) is 0 Å². The highest BCUT2D eigenvalue weighted by Crippen LogP contribution is 2.32. The molecule has 1 aliphatic rings. The van der Waals surface area contributed by atoms with E-state index in [-0.39, 0.29) is 0 Å². The lowest BCUT2D eigenvalue weighted by molar-refractivity contribution is 0.568. The van der Waals surface area contributed by atoms with Gasteiger partial charge in [0.15, 0.2) is 0 Å². The zero-order chi connectivity index (χ0) is 10.8. The Kier molecular flexibility index (Phi) is 2.46. The molecule has 2 aromatic heterocycles. The van der Waals surface area contributed by atoms with E-state index < -0.39 is 0 Å². The van der Waals surface area contributed by atoms with Crippen molar-refractivity contribution in [3.63, 3.8) is 0 Å². The number of hydrogen-bond donors (Lipinski definition) is 1. The lowest BCUT2D eigenvalue weighted by atomic mass is 10.0. The number of rotatable bonds is 2. The Morgan fingerprint density at radius 1 is 1.38 bits per heavy atom. The molecule has 0 spiro atoms. The molecule has 2 aromatic rings. The van der Waals surface area contributed by atoms with Gasteiger partial charge >= 0.3 is 0 Å². The number of aromatic nitrogens is 1. The van der Waals surface area contributed by atoms with Crippen molar-refractivity contribution in [2.45, 2.75) is 18.9 Å². The first-order valence-corrected chi connectivity index (χ1v) is 5.66. The van der Waals surface area contributed by atoms with Crippen LogP contribution in [0.1, 0.15) is 24.4 Å². The molecule has 0 saturated carbocycles. The second-order valence-corrected chi connectivity index (χ2v) is 4.10. The molecule has 1 N–H and O–H groups in total. The molecule has 0 aromatic carbocycles. The Balaban J connectivity index is 1.99. The minimum atomic E-state index is 0.439. The van der Waals surface area contributed by atoms with Crippen LogP contribution in [0.4, 0.5) is 0 Å². The molecule has 3 heterocycles. The maximum Gasteiger partial charge on any atom is 0.140 e. The number of hydrogen-bond acceptors (Lipinski definition) is 3. The molecule has 3 rings (SSSR count). The van der Waals surface area contributed by atoms with Crippen molar-refractivity contribution in [1.29, 1.82) is 0 Å². The van der Waals surface area contributed by atoms with E-state index in [9.17, 15) is 0 Å². The van der Waals surface area contributed by atoms with Gasteiger partial charge in [-0.15, -0.1) is 0 Å². The standard InChI is InChI=1S/C13H14N2O/c1-3-10(9-14-6-1)13-11(5-8-16-13)12-4-2-7-15-12/h1,3,5-6,8-9,12,15H,2,4,7H2/t12-/m0/s1. The highest BCUT2D eigenvalue weighted by atomic mass is 16.3. The van der Waals surface area contributed by atoms with E-state index >= 15 is 0 Å². The van der Waals surface area contributed by atoms with Gasteiger partial charge in [0, 0.05) is 29.6 Å². The Hall–Kier alpha value is -1.61. The number of nitrogens with zero attached hydrogens (tertiary/aromatic N) is 1. The number of furan rings is 1. The molecule has 82 valence electrons. The predicted octanol–water partition coefficient (Wildman–Crippen LogP) is 2.77. The topological polar surface area (TPSA) is 38.1 Å². The highest BCUT2D eigenvalue weighted by molar-refractivity contribution is 5.60. The first-order chi connectivity index (χ1) is 7.95. The SMILES string of the molecule is c1cncc(-c2occc2[C@@H]2CCCN2)c1. The fourth-order valence-corrected chi connectivity index (χ4v) is 2.28. The minimum Gasteiger partial charge on any atom is -0.464 e. The molecular formula is C13H14N2O. The van der Waals surface area contributed by atoms with Gasteiger partial charge in [-0.25, -0.2) is 0 Å². The quantitative estimate of drug-likeness (QED) is 0.835. The van der Waals surface area contributed by atoms with Gasteiger partial charge in [0.1, 0.15) is 5.76 Å². The fourth-order valence-electron chi connectivity index (χ4n) is 2.28. The Morgan fingerprint density at radius 3 is 3.12 bits per heavy atom. The van der Waals surface area contributed by atoms with Gasteiger partial charge in [0.2, 0.25) is 0 Å².